The lowest BCUT2D eigenvalue weighted by Gasteiger charge is -1.82. The minimum Gasteiger partial charge on any atom is -0.363 e. The maximum atomic E-state index is 9.89. The average Bonchev–Trinajstić information content (AvgIpc) is 1.64. The number of amides is 2. The molecule has 0 aromatic heterocycles. The summed E-state index contributed by atoms with van der Waals surface area (Å²) in [4.78, 5) is 29.3. The van der Waals surface area contributed by atoms with Gasteiger partial charge in [0.2, 0.25) is 0 Å². The van der Waals surface area contributed by atoms with E-state index in [0.717, 1.165) is 0 Å². The van der Waals surface area contributed by atoms with Crippen LogP contribution in [0.2, 0.25) is 0 Å². The van der Waals surface area contributed by atoms with Gasteiger partial charge in [-0.25, -0.2) is 0 Å². The maximum Gasteiger partial charge on any atom is 0.306 e. The topological polar surface area (TPSA) is 103 Å². The summed E-state index contributed by atoms with van der Waals surface area (Å²) in [6.45, 7) is 0. The highest BCUT2D eigenvalue weighted by molar-refractivity contribution is 6.62. The summed E-state index contributed by atoms with van der Waals surface area (Å²) < 4.78 is 0. The van der Waals surface area contributed by atoms with Crippen LogP contribution in [0.5, 0.6) is 0 Å². The van der Waals surface area contributed by atoms with E-state index >= 15 is 0 Å². The summed E-state index contributed by atoms with van der Waals surface area (Å²) in [5, 5.41) is 0. The summed E-state index contributed by atoms with van der Waals surface area (Å²) in [5.74, 6) is -4.01. The number of hydrogen-bond donors (Lipinski definition) is 2. The van der Waals surface area contributed by atoms with Crippen molar-refractivity contribution < 1.29 is 14.4 Å². The molecule has 0 unspecified atom stereocenters. The lowest BCUT2D eigenvalue weighted by atomic mass is 10.4. The highest BCUT2D eigenvalue weighted by Gasteiger charge is 2.14. The second kappa shape index (κ2) is 3.85. The first-order valence-electron chi connectivity index (χ1n) is 1.69. The highest BCUT2D eigenvalue weighted by atomic mass is 35.5. The fourth-order valence-corrected chi connectivity index (χ4v) is 0.121. The molecule has 0 fully saturated rings. The average molecular weight is 153 g/mol. The number of ketones is 1. The van der Waals surface area contributed by atoms with Crippen LogP contribution in [0.4, 0.5) is 0 Å². The predicted octanol–water partition coefficient (Wildman–Crippen LogP) is -2.05. The third-order valence-electron chi connectivity index (χ3n) is 0.448. The third-order valence-corrected chi connectivity index (χ3v) is 0.448. The smallest absolute Gasteiger partial charge is 0.306 e. The van der Waals surface area contributed by atoms with Crippen LogP contribution in [0.15, 0.2) is 0 Å². The number of halogens is 1. The van der Waals surface area contributed by atoms with E-state index in [1.807, 2.05) is 0 Å². The van der Waals surface area contributed by atoms with E-state index in [9.17, 15) is 14.4 Å². The molecule has 0 aromatic rings. The summed E-state index contributed by atoms with van der Waals surface area (Å²) in [7, 11) is 0. The number of primary amides is 2. The number of hydrogen-bond acceptors (Lipinski definition) is 3. The Morgan fingerprint density at radius 2 is 1.11 bits per heavy atom. The van der Waals surface area contributed by atoms with E-state index in [1.165, 1.54) is 0 Å². The zero-order valence-corrected chi connectivity index (χ0v) is 5.10. The first-order valence-corrected chi connectivity index (χ1v) is 1.69. The zero-order chi connectivity index (χ0) is 6.73. The Morgan fingerprint density at radius 1 is 0.889 bits per heavy atom. The minimum atomic E-state index is -1.37. The Labute approximate surface area is 56.8 Å². The fraction of sp³-hybridized carbons (Fsp3) is 0. The number of Topliss-reactive ketones (excluding diaryl/α,β-unsaturated/α-hetero) is 1. The van der Waals surface area contributed by atoms with E-state index in [1.54, 1.807) is 0 Å². The van der Waals surface area contributed by atoms with Crippen molar-refractivity contribution in [3.63, 3.8) is 0 Å². The van der Waals surface area contributed by atoms with Gasteiger partial charge in [-0.15, -0.1) is 12.4 Å². The van der Waals surface area contributed by atoms with Crippen LogP contribution in [-0.2, 0) is 14.4 Å². The van der Waals surface area contributed by atoms with Crippen LogP contribution < -0.4 is 11.5 Å². The van der Waals surface area contributed by atoms with Gasteiger partial charge in [0.15, 0.2) is 0 Å². The predicted molar refractivity (Wildman–Crippen MR) is 30.6 cm³/mol. The number of rotatable bonds is 2. The first-order chi connectivity index (χ1) is 3.55. The molecule has 0 saturated heterocycles. The van der Waals surface area contributed by atoms with Gasteiger partial charge < -0.3 is 11.5 Å². The first kappa shape index (κ1) is 10.8. The fourth-order valence-electron chi connectivity index (χ4n) is 0.121. The molecule has 0 aliphatic carbocycles. The molecule has 2 amide bonds. The van der Waals surface area contributed by atoms with Gasteiger partial charge >= 0.3 is 5.78 Å². The lowest BCUT2D eigenvalue weighted by Crippen LogP contribution is -2.35. The Balaban J connectivity index is 0. The molecule has 0 radical (unpaired) electrons. The Morgan fingerprint density at radius 3 is 1.11 bits per heavy atom. The van der Waals surface area contributed by atoms with Crippen molar-refractivity contribution in [2.75, 3.05) is 0 Å². The van der Waals surface area contributed by atoms with E-state index in [4.69, 9.17) is 0 Å². The van der Waals surface area contributed by atoms with E-state index in [2.05, 4.69) is 11.5 Å². The van der Waals surface area contributed by atoms with Crippen molar-refractivity contribution in [1.29, 1.82) is 0 Å². The Bertz CT molecular complexity index is 139. The molecular weight excluding hydrogens is 147 g/mol. The van der Waals surface area contributed by atoms with Crippen LogP contribution in [0, 0.1) is 0 Å². The van der Waals surface area contributed by atoms with Crippen LogP contribution in [0.1, 0.15) is 0 Å². The summed E-state index contributed by atoms with van der Waals surface area (Å²) >= 11 is 0. The molecule has 0 aliphatic rings. The molecule has 5 nitrogen and oxygen atoms in total. The lowest BCUT2D eigenvalue weighted by molar-refractivity contribution is -0.143. The van der Waals surface area contributed by atoms with Crippen molar-refractivity contribution in [3.8, 4) is 0 Å². The number of carbonyl (C=O) groups excluding carboxylic acids is 3. The molecule has 0 aliphatic heterocycles. The quantitative estimate of drug-likeness (QED) is 0.352. The molecule has 6 heteroatoms. The van der Waals surface area contributed by atoms with Crippen LogP contribution in [0.3, 0.4) is 0 Å². The van der Waals surface area contributed by atoms with Crippen LogP contribution in [0.25, 0.3) is 0 Å². The van der Waals surface area contributed by atoms with Crippen molar-refractivity contribution >= 4 is 30.0 Å². The van der Waals surface area contributed by atoms with Gasteiger partial charge in [0.25, 0.3) is 11.8 Å². The normalized spacial score (nSPS) is 7.11. The van der Waals surface area contributed by atoms with Gasteiger partial charge in [0.05, 0.1) is 0 Å². The van der Waals surface area contributed by atoms with E-state index < -0.39 is 17.6 Å². The standard InChI is InChI=1S/C3H4N2O3.ClH/c4-2(7)1(6)3(5)8;/h(H2,4,7)(H2,5,8);1H. The minimum absolute atomic E-state index is 0. The molecule has 0 aromatic carbocycles. The molecule has 9 heavy (non-hydrogen) atoms. The number of carbonyl (C=O) groups is 3. The third kappa shape index (κ3) is 3.48. The van der Waals surface area contributed by atoms with Gasteiger partial charge in [0, 0.05) is 0 Å². The SMILES string of the molecule is Cl.NC(=O)C(=O)C(N)=O. The molecule has 0 atom stereocenters. The molecule has 4 N–H and O–H groups in total. The van der Waals surface area contributed by atoms with Gasteiger partial charge in [-0.1, -0.05) is 0 Å². The van der Waals surface area contributed by atoms with Crippen LogP contribution in [-0.4, -0.2) is 17.6 Å². The van der Waals surface area contributed by atoms with E-state index in [-0.39, 0.29) is 12.4 Å². The Kier molecular flexibility index (Phi) is 4.62. The molecule has 0 rings (SSSR count). The molecule has 0 heterocycles. The summed E-state index contributed by atoms with van der Waals surface area (Å²) in [6.07, 6.45) is 0. The molecule has 0 bridgehead atoms. The molecular formula is C3H5ClN2O3. The van der Waals surface area contributed by atoms with Gasteiger partial charge in [-0.2, -0.15) is 0 Å². The molecule has 52 valence electrons. The summed E-state index contributed by atoms with van der Waals surface area (Å²) in [5.41, 5.74) is 8.70. The molecule has 0 saturated carbocycles. The van der Waals surface area contributed by atoms with Crippen molar-refractivity contribution in [3.05, 3.63) is 0 Å². The van der Waals surface area contributed by atoms with Crippen molar-refractivity contribution in [2.45, 2.75) is 0 Å². The maximum absolute atomic E-state index is 9.89. The van der Waals surface area contributed by atoms with Gasteiger partial charge in [0.1, 0.15) is 0 Å². The van der Waals surface area contributed by atoms with E-state index in [0.29, 0.717) is 0 Å². The Hall–Kier alpha value is -1.10. The van der Waals surface area contributed by atoms with Gasteiger partial charge in [-0.05, 0) is 0 Å². The van der Waals surface area contributed by atoms with Gasteiger partial charge in [-0.3, -0.25) is 14.4 Å². The monoisotopic (exact) mass is 152 g/mol. The highest BCUT2D eigenvalue weighted by Crippen LogP contribution is 1.62. The molecule has 0 spiro atoms. The van der Waals surface area contributed by atoms with Crippen molar-refractivity contribution in [1.82, 2.24) is 0 Å². The second-order valence-electron chi connectivity index (χ2n) is 1.06. The van der Waals surface area contributed by atoms with Crippen LogP contribution >= 0.6 is 12.4 Å². The van der Waals surface area contributed by atoms with Crippen molar-refractivity contribution in [2.24, 2.45) is 11.5 Å². The zero-order valence-electron chi connectivity index (χ0n) is 4.29. The largest absolute Gasteiger partial charge is 0.363 e. The summed E-state index contributed by atoms with van der Waals surface area (Å²) in [6, 6.07) is 0. The number of nitrogens with two attached hydrogens (primary N) is 2. The second-order valence-corrected chi connectivity index (χ2v) is 1.06.